The molecule has 1 aromatic rings. The lowest BCUT2D eigenvalue weighted by molar-refractivity contribution is -0.0175. The molecule has 6 nitrogen and oxygen atoms in total. The van der Waals surface area contributed by atoms with Crippen LogP contribution >= 0.6 is 0 Å². The molecule has 2 rings (SSSR count). The van der Waals surface area contributed by atoms with Gasteiger partial charge in [-0.15, -0.1) is 0 Å². The van der Waals surface area contributed by atoms with Crippen molar-refractivity contribution in [1.82, 2.24) is 10.2 Å². The number of hydrogen-bond acceptors (Lipinski definition) is 5. The molecule has 2 N–H and O–H groups in total. The SMILES string of the molecule is CNc1ccc(C(=O)NCC2CN(C)CCO2)c(OC)c1. The fraction of sp³-hybridized carbons (Fsp3) is 0.533. The first kappa shape index (κ1) is 15.6. The standard InChI is InChI=1S/C15H23N3O3/c1-16-11-4-5-13(14(8-11)20-3)15(19)17-9-12-10-18(2)6-7-21-12/h4-5,8,12,16H,6-7,9-10H2,1-3H3,(H,17,19). The summed E-state index contributed by atoms with van der Waals surface area (Å²) in [7, 11) is 5.44. The third-order valence-electron chi connectivity index (χ3n) is 3.57. The molecule has 1 aliphatic rings. The topological polar surface area (TPSA) is 62.8 Å². The summed E-state index contributed by atoms with van der Waals surface area (Å²) in [5.74, 6) is 0.410. The van der Waals surface area contributed by atoms with Crippen molar-refractivity contribution in [3.63, 3.8) is 0 Å². The lowest BCUT2D eigenvalue weighted by Crippen LogP contribution is -2.45. The summed E-state index contributed by atoms with van der Waals surface area (Å²) < 4.78 is 10.9. The average Bonchev–Trinajstić information content (AvgIpc) is 2.52. The first-order valence-corrected chi connectivity index (χ1v) is 7.08. The quantitative estimate of drug-likeness (QED) is 0.841. The molecule has 1 aliphatic heterocycles. The van der Waals surface area contributed by atoms with E-state index in [1.165, 1.54) is 0 Å². The highest BCUT2D eigenvalue weighted by atomic mass is 16.5. The number of carbonyl (C=O) groups excluding carboxylic acids is 1. The molecule has 0 saturated carbocycles. The lowest BCUT2D eigenvalue weighted by Gasteiger charge is -2.30. The Balaban J connectivity index is 1.96. The third kappa shape index (κ3) is 4.09. The maximum Gasteiger partial charge on any atom is 0.255 e. The van der Waals surface area contributed by atoms with Gasteiger partial charge >= 0.3 is 0 Å². The second kappa shape index (κ2) is 7.28. The zero-order valence-electron chi connectivity index (χ0n) is 12.8. The van der Waals surface area contributed by atoms with E-state index in [0.29, 0.717) is 24.5 Å². The molecule has 0 radical (unpaired) electrons. The number of benzene rings is 1. The van der Waals surface area contributed by atoms with Crippen LogP contribution < -0.4 is 15.4 Å². The molecular weight excluding hydrogens is 270 g/mol. The highest BCUT2D eigenvalue weighted by molar-refractivity contribution is 5.97. The highest BCUT2D eigenvalue weighted by Gasteiger charge is 2.19. The minimum atomic E-state index is -0.147. The number of nitrogens with one attached hydrogen (secondary N) is 2. The summed E-state index contributed by atoms with van der Waals surface area (Å²) in [6.07, 6.45) is 0.0373. The zero-order chi connectivity index (χ0) is 15.2. The zero-order valence-corrected chi connectivity index (χ0v) is 12.8. The van der Waals surface area contributed by atoms with Gasteiger partial charge in [-0.25, -0.2) is 0 Å². The van der Waals surface area contributed by atoms with E-state index < -0.39 is 0 Å². The van der Waals surface area contributed by atoms with Gasteiger partial charge in [-0.1, -0.05) is 0 Å². The molecule has 6 heteroatoms. The maximum absolute atomic E-state index is 12.3. The largest absolute Gasteiger partial charge is 0.496 e. The molecule has 1 aromatic carbocycles. The molecule has 1 atom stereocenters. The molecule has 1 fully saturated rings. The molecule has 1 unspecified atom stereocenters. The van der Waals surface area contributed by atoms with E-state index in [1.807, 2.05) is 13.1 Å². The maximum atomic E-state index is 12.3. The first-order chi connectivity index (χ1) is 10.1. The van der Waals surface area contributed by atoms with Crippen molar-refractivity contribution < 1.29 is 14.3 Å². The Hall–Kier alpha value is -1.79. The van der Waals surface area contributed by atoms with Crippen LogP contribution in [-0.2, 0) is 4.74 Å². The van der Waals surface area contributed by atoms with E-state index in [0.717, 1.165) is 18.8 Å². The molecule has 116 valence electrons. The number of methoxy groups -OCH3 is 1. The van der Waals surface area contributed by atoms with Gasteiger partial charge in [-0.2, -0.15) is 0 Å². The van der Waals surface area contributed by atoms with E-state index in [9.17, 15) is 4.79 Å². The average molecular weight is 293 g/mol. The Morgan fingerprint density at radius 1 is 1.52 bits per heavy atom. The van der Waals surface area contributed by atoms with E-state index in [-0.39, 0.29) is 12.0 Å². The minimum absolute atomic E-state index is 0.0373. The van der Waals surface area contributed by atoms with Crippen molar-refractivity contribution in [2.75, 3.05) is 52.8 Å². The molecule has 0 bridgehead atoms. The van der Waals surface area contributed by atoms with Crippen LogP contribution in [0, 0.1) is 0 Å². The molecular formula is C15H23N3O3. The van der Waals surface area contributed by atoms with Crippen LogP contribution in [0.4, 0.5) is 5.69 Å². The Morgan fingerprint density at radius 3 is 3.00 bits per heavy atom. The smallest absolute Gasteiger partial charge is 0.255 e. The Bertz CT molecular complexity index is 493. The van der Waals surface area contributed by atoms with E-state index in [1.54, 1.807) is 19.2 Å². The van der Waals surface area contributed by atoms with Gasteiger partial charge in [0.2, 0.25) is 0 Å². The van der Waals surface area contributed by atoms with Crippen molar-refractivity contribution in [3.8, 4) is 5.75 Å². The number of hydrogen-bond donors (Lipinski definition) is 2. The Labute approximate surface area is 125 Å². The summed E-state index contributed by atoms with van der Waals surface area (Å²) in [4.78, 5) is 14.5. The van der Waals surface area contributed by atoms with Gasteiger partial charge in [0.15, 0.2) is 0 Å². The summed E-state index contributed by atoms with van der Waals surface area (Å²) in [6.45, 7) is 2.97. The van der Waals surface area contributed by atoms with Crippen LogP contribution in [0.1, 0.15) is 10.4 Å². The van der Waals surface area contributed by atoms with Gasteiger partial charge in [-0.3, -0.25) is 4.79 Å². The predicted molar refractivity (Wildman–Crippen MR) is 82.1 cm³/mol. The van der Waals surface area contributed by atoms with Crippen LogP contribution in [0.15, 0.2) is 18.2 Å². The number of anilines is 1. The number of rotatable bonds is 5. The predicted octanol–water partition coefficient (Wildman–Crippen LogP) is 0.797. The number of morpholine rings is 1. The van der Waals surface area contributed by atoms with Crippen LogP contribution in [0.3, 0.4) is 0 Å². The van der Waals surface area contributed by atoms with Gasteiger partial charge in [0.05, 0.1) is 25.4 Å². The number of carbonyl (C=O) groups is 1. The number of likely N-dealkylation sites (N-methyl/N-ethyl adjacent to an activating group) is 1. The fourth-order valence-electron chi connectivity index (χ4n) is 2.33. The van der Waals surface area contributed by atoms with Crippen LogP contribution in [0.25, 0.3) is 0 Å². The number of amides is 1. The molecule has 0 aromatic heterocycles. The van der Waals surface area contributed by atoms with Crippen molar-refractivity contribution >= 4 is 11.6 Å². The van der Waals surface area contributed by atoms with Gasteiger partial charge < -0.3 is 25.0 Å². The monoisotopic (exact) mass is 293 g/mol. The van der Waals surface area contributed by atoms with Gasteiger partial charge in [0, 0.05) is 38.4 Å². The number of nitrogens with zero attached hydrogens (tertiary/aromatic N) is 1. The van der Waals surface area contributed by atoms with E-state index in [2.05, 4.69) is 22.6 Å². The molecule has 0 spiro atoms. The molecule has 1 saturated heterocycles. The summed E-state index contributed by atoms with van der Waals surface area (Å²) >= 11 is 0. The fourth-order valence-corrected chi connectivity index (χ4v) is 2.33. The molecule has 1 heterocycles. The van der Waals surface area contributed by atoms with Crippen molar-refractivity contribution in [1.29, 1.82) is 0 Å². The van der Waals surface area contributed by atoms with Crippen LogP contribution in [0.5, 0.6) is 5.75 Å². The summed E-state index contributed by atoms with van der Waals surface area (Å²) in [6, 6.07) is 5.41. The van der Waals surface area contributed by atoms with Crippen LogP contribution in [0.2, 0.25) is 0 Å². The van der Waals surface area contributed by atoms with Gasteiger partial charge in [-0.05, 0) is 19.2 Å². The minimum Gasteiger partial charge on any atom is -0.496 e. The Morgan fingerprint density at radius 2 is 2.33 bits per heavy atom. The second-order valence-corrected chi connectivity index (χ2v) is 5.13. The lowest BCUT2D eigenvalue weighted by atomic mass is 10.1. The van der Waals surface area contributed by atoms with Gasteiger partial charge in [0.25, 0.3) is 5.91 Å². The second-order valence-electron chi connectivity index (χ2n) is 5.13. The summed E-state index contributed by atoms with van der Waals surface area (Å²) in [5, 5.41) is 5.93. The van der Waals surface area contributed by atoms with Gasteiger partial charge in [0.1, 0.15) is 5.75 Å². The summed E-state index contributed by atoms with van der Waals surface area (Å²) in [5.41, 5.74) is 1.43. The normalized spacial score (nSPS) is 19.1. The highest BCUT2D eigenvalue weighted by Crippen LogP contribution is 2.22. The van der Waals surface area contributed by atoms with Crippen molar-refractivity contribution in [3.05, 3.63) is 23.8 Å². The molecule has 1 amide bonds. The third-order valence-corrected chi connectivity index (χ3v) is 3.57. The van der Waals surface area contributed by atoms with E-state index in [4.69, 9.17) is 9.47 Å². The first-order valence-electron chi connectivity index (χ1n) is 7.08. The van der Waals surface area contributed by atoms with E-state index >= 15 is 0 Å². The van der Waals surface area contributed by atoms with Crippen molar-refractivity contribution in [2.45, 2.75) is 6.10 Å². The van der Waals surface area contributed by atoms with Crippen LogP contribution in [-0.4, -0.2) is 64.4 Å². The molecule has 0 aliphatic carbocycles. The number of ether oxygens (including phenoxy) is 2. The Kier molecular flexibility index (Phi) is 5.41. The molecule has 21 heavy (non-hydrogen) atoms. The van der Waals surface area contributed by atoms with Crippen molar-refractivity contribution in [2.24, 2.45) is 0 Å².